The Labute approximate surface area is 156 Å². The van der Waals surface area contributed by atoms with Crippen molar-refractivity contribution < 1.29 is 9.53 Å². The Kier molecular flexibility index (Phi) is 7.44. The minimum atomic E-state index is -0.101. The molecule has 0 radical (unpaired) electrons. The van der Waals surface area contributed by atoms with Gasteiger partial charge in [0.2, 0.25) is 0 Å². The minimum Gasteiger partial charge on any atom is -0.469 e. The van der Waals surface area contributed by atoms with Gasteiger partial charge >= 0.3 is 5.97 Å². The van der Waals surface area contributed by atoms with Crippen molar-refractivity contribution in [1.29, 1.82) is 0 Å². The number of nitrogens with one attached hydrogen (secondary N) is 1. The number of aromatic nitrogens is 2. The summed E-state index contributed by atoms with van der Waals surface area (Å²) in [7, 11) is 7.50. The van der Waals surface area contributed by atoms with E-state index in [0.29, 0.717) is 6.54 Å². The third-order valence-electron chi connectivity index (χ3n) is 4.81. The van der Waals surface area contributed by atoms with Crippen molar-refractivity contribution in [1.82, 2.24) is 24.9 Å². The van der Waals surface area contributed by atoms with Crippen LogP contribution in [0.25, 0.3) is 0 Å². The normalized spacial score (nSPS) is 17.5. The van der Waals surface area contributed by atoms with Gasteiger partial charge < -0.3 is 19.9 Å². The molecule has 1 aliphatic rings. The number of aliphatic imine (C=N–C) groups is 1. The monoisotopic (exact) mass is 364 g/mol. The van der Waals surface area contributed by atoms with E-state index in [0.717, 1.165) is 44.0 Å². The summed E-state index contributed by atoms with van der Waals surface area (Å²) in [6.07, 6.45) is 5.54. The lowest BCUT2D eigenvalue weighted by atomic mass is 9.97. The average molecular weight is 364 g/mol. The quantitative estimate of drug-likeness (QED) is 0.459. The minimum absolute atomic E-state index is 0.00374. The van der Waals surface area contributed by atoms with Gasteiger partial charge in [0, 0.05) is 38.4 Å². The molecule has 8 heteroatoms. The number of esters is 1. The molecule has 1 atom stereocenters. The molecule has 1 N–H and O–H groups in total. The van der Waals surface area contributed by atoms with Crippen molar-refractivity contribution in [3.05, 3.63) is 18.0 Å². The lowest BCUT2D eigenvalue weighted by Crippen LogP contribution is -2.47. The predicted octanol–water partition coefficient (Wildman–Crippen LogP) is 0.873. The van der Waals surface area contributed by atoms with E-state index in [1.165, 1.54) is 7.11 Å². The van der Waals surface area contributed by atoms with Crippen LogP contribution in [0.5, 0.6) is 0 Å². The molecule has 1 aromatic rings. The number of carbonyl (C=O) groups is 1. The highest BCUT2D eigenvalue weighted by Crippen LogP contribution is 2.20. The first-order valence-electron chi connectivity index (χ1n) is 9.22. The average Bonchev–Trinajstić information content (AvgIpc) is 3.06. The summed E-state index contributed by atoms with van der Waals surface area (Å²) < 4.78 is 6.69. The number of carbonyl (C=O) groups excluding carboxylic acids is 1. The zero-order chi connectivity index (χ0) is 19.1. The van der Waals surface area contributed by atoms with Gasteiger partial charge in [-0.2, -0.15) is 5.10 Å². The van der Waals surface area contributed by atoms with E-state index in [-0.39, 0.29) is 17.9 Å². The largest absolute Gasteiger partial charge is 0.469 e. The van der Waals surface area contributed by atoms with Gasteiger partial charge in [-0.3, -0.25) is 14.5 Å². The molecule has 26 heavy (non-hydrogen) atoms. The number of hydrogen-bond acceptors (Lipinski definition) is 5. The number of hydrogen-bond donors (Lipinski definition) is 1. The van der Waals surface area contributed by atoms with Crippen LogP contribution in [0.2, 0.25) is 0 Å². The first-order chi connectivity index (χ1) is 12.5. The summed E-state index contributed by atoms with van der Waals surface area (Å²) in [5, 5.41) is 7.66. The number of likely N-dealkylation sites (N-methyl/N-ethyl adjacent to an activating group) is 1. The van der Waals surface area contributed by atoms with Gasteiger partial charge in [-0.05, 0) is 33.9 Å². The van der Waals surface area contributed by atoms with Gasteiger partial charge in [-0.25, -0.2) is 0 Å². The molecule has 1 aliphatic heterocycles. The van der Waals surface area contributed by atoms with E-state index >= 15 is 0 Å². The van der Waals surface area contributed by atoms with Gasteiger partial charge in [-0.1, -0.05) is 0 Å². The van der Waals surface area contributed by atoms with Crippen LogP contribution >= 0.6 is 0 Å². The molecule has 0 saturated carbocycles. The second-order valence-electron chi connectivity index (χ2n) is 6.91. The summed E-state index contributed by atoms with van der Waals surface area (Å²) in [5.74, 6) is 0.812. The lowest BCUT2D eigenvalue weighted by Gasteiger charge is -2.33. The summed E-state index contributed by atoms with van der Waals surface area (Å²) in [5.41, 5.74) is 1.15. The first kappa shape index (κ1) is 20.2. The summed E-state index contributed by atoms with van der Waals surface area (Å²) >= 11 is 0. The number of nitrogens with zero attached hydrogens (tertiary/aromatic N) is 5. The number of methoxy groups -OCH3 is 1. The molecule has 0 amide bonds. The Hall–Kier alpha value is -2.09. The summed E-state index contributed by atoms with van der Waals surface area (Å²) in [4.78, 5) is 21.0. The molecule has 1 aromatic heterocycles. The maximum absolute atomic E-state index is 11.7. The Morgan fingerprint density at radius 3 is 2.65 bits per heavy atom. The topological polar surface area (TPSA) is 75.0 Å². The van der Waals surface area contributed by atoms with Crippen molar-refractivity contribution in [2.75, 3.05) is 47.4 Å². The fraction of sp³-hybridized carbons (Fsp3) is 0.722. The smallest absolute Gasteiger partial charge is 0.308 e. The summed E-state index contributed by atoms with van der Waals surface area (Å²) in [6, 6.07) is 0.171. The SMILES string of the molecule is CCNC(=NCC(c1cnn(C)c1)N(C)C)N1CCC(C(=O)OC)CC1. The van der Waals surface area contributed by atoms with Gasteiger partial charge in [0.15, 0.2) is 5.96 Å². The first-order valence-corrected chi connectivity index (χ1v) is 9.22. The molecule has 1 unspecified atom stereocenters. The highest BCUT2D eigenvalue weighted by atomic mass is 16.5. The highest BCUT2D eigenvalue weighted by molar-refractivity contribution is 5.80. The zero-order valence-electron chi connectivity index (χ0n) is 16.6. The van der Waals surface area contributed by atoms with E-state index < -0.39 is 0 Å². The fourth-order valence-electron chi connectivity index (χ4n) is 3.27. The van der Waals surface area contributed by atoms with E-state index in [1.807, 2.05) is 24.1 Å². The second kappa shape index (κ2) is 9.56. The van der Waals surface area contributed by atoms with Gasteiger partial charge in [0.25, 0.3) is 0 Å². The summed E-state index contributed by atoms with van der Waals surface area (Å²) in [6.45, 7) is 5.16. The Balaban J connectivity index is 2.04. The second-order valence-corrected chi connectivity index (χ2v) is 6.91. The molecule has 0 bridgehead atoms. The van der Waals surface area contributed by atoms with E-state index in [2.05, 4.69) is 41.2 Å². The maximum Gasteiger partial charge on any atom is 0.308 e. The molecule has 2 rings (SSSR count). The number of guanidine groups is 1. The van der Waals surface area contributed by atoms with Crippen LogP contribution in [0.3, 0.4) is 0 Å². The van der Waals surface area contributed by atoms with E-state index in [9.17, 15) is 4.79 Å². The van der Waals surface area contributed by atoms with E-state index in [4.69, 9.17) is 9.73 Å². The van der Waals surface area contributed by atoms with Crippen LogP contribution in [0.15, 0.2) is 17.4 Å². The maximum atomic E-state index is 11.7. The van der Waals surface area contributed by atoms with Gasteiger partial charge in [0.1, 0.15) is 0 Å². The third-order valence-corrected chi connectivity index (χ3v) is 4.81. The van der Waals surface area contributed by atoms with Gasteiger partial charge in [0.05, 0.1) is 31.8 Å². The van der Waals surface area contributed by atoms with Crippen LogP contribution in [0.1, 0.15) is 31.4 Å². The predicted molar refractivity (Wildman–Crippen MR) is 102 cm³/mol. The van der Waals surface area contributed by atoms with Crippen molar-refractivity contribution >= 4 is 11.9 Å². The number of piperidine rings is 1. The van der Waals surface area contributed by atoms with Crippen molar-refractivity contribution in [3.8, 4) is 0 Å². The Morgan fingerprint density at radius 1 is 1.46 bits per heavy atom. The molecule has 1 saturated heterocycles. The molecule has 0 aliphatic carbocycles. The van der Waals surface area contributed by atoms with E-state index in [1.54, 1.807) is 0 Å². The zero-order valence-corrected chi connectivity index (χ0v) is 16.6. The van der Waals surface area contributed by atoms with Crippen molar-refractivity contribution in [3.63, 3.8) is 0 Å². The van der Waals surface area contributed by atoms with Crippen LogP contribution in [0.4, 0.5) is 0 Å². The lowest BCUT2D eigenvalue weighted by molar-refractivity contribution is -0.146. The molecule has 8 nitrogen and oxygen atoms in total. The molecule has 146 valence electrons. The van der Waals surface area contributed by atoms with Crippen LogP contribution in [0, 0.1) is 5.92 Å². The highest BCUT2D eigenvalue weighted by Gasteiger charge is 2.27. The van der Waals surface area contributed by atoms with Crippen LogP contribution in [-0.2, 0) is 16.6 Å². The number of likely N-dealkylation sites (tertiary alicyclic amines) is 1. The third kappa shape index (κ3) is 5.20. The Bertz CT molecular complexity index is 605. The molecular weight excluding hydrogens is 332 g/mol. The fourth-order valence-corrected chi connectivity index (χ4v) is 3.27. The van der Waals surface area contributed by atoms with Crippen LogP contribution in [-0.4, -0.2) is 78.9 Å². The molecule has 1 fully saturated rings. The molecule has 2 heterocycles. The molecule has 0 spiro atoms. The standard InChI is InChI=1S/C18H32N6O2/c1-6-19-18(24-9-7-14(8-10-24)17(25)26-5)20-12-16(22(2)3)15-11-21-23(4)13-15/h11,13-14,16H,6-10,12H2,1-5H3,(H,19,20). The molecule has 0 aromatic carbocycles. The van der Waals surface area contributed by atoms with Crippen molar-refractivity contribution in [2.24, 2.45) is 18.0 Å². The molecular formula is C18H32N6O2. The number of rotatable bonds is 6. The van der Waals surface area contributed by atoms with Crippen molar-refractivity contribution in [2.45, 2.75) is 25.8 Å². The number of aryl methyl sites for hydroxylation is 1. The van der Waals surface area contributed by atoms with Gasteiger partial charge in [-0.15, -0.1) is 0 Å². The van der Waals surface area contributed by atoms with Crippen LogP contribution < -0.4 is 5.32 Å². The Morgan fingerprint density at radius 2 is 2.15 bits per heavy atom. The number of ether oxygens (including phenoxy) is 1.